The van der Waals surface area contributed by atoms with Crippen molar-refractivity contribution < 1.29 is 14.3 Å². The molecule has 0 aliphatic carbocycles. The molecule has 0 unspecified atom stereocenters. The van der Waals surface area contributed by atoms with Gasteiger partial charge in [-0.3, -0.25) is 4.79 Å². The fourth-order valence-corrected chi connectivity index (χ4v) is 3.02. The zero-order valence-electron chi connectivity index (χ0n) is 12.6. The molecular formula is C17H13N3O3S. The van der Waals surface area contributed by atoms with Gasteiger partial charge in [0.2, 0.25) is 0 Å². The minimum Gasteiger partial charge on any atom is -0.486 e. The normalized spacial score (nSPS) is 12.7. The molecule has 1 aliphatic rings. The zero-order valence-corrected chi connectivity index (χ0v) is 13.4. The molecule has 1 N–H and O–H groups in total. The van der Waals surface area contributed by atoms with Crippen LogP contribution < -0.4 is 14.8 Å². The standard InChI is InChI=1S/C17H13N3O3S/c21-17(16-15(19-20-24-16)11-4-2-1-3-5-11)18-12-6-7-13-14(10-12)23-9-8-22-13/h1-7,10H,8-9H2,(H,18,21). The van der Waals surface area contributed by atoms with Gasteiger partial charge in [-0.05, 0) is 23.7 Å². The van der Waals surface area contributed by atoms with Crippen LogP contribution in [0.5, 0.6) is 11.5 Å². The molecule has 0 spiro atoms. The molecule has 7 heteroatoms. The molecule has 1 aromatic heterocycles. The quantitative estimate of drug-likeness (QED) is 0.793. The summed E-state index contributed by atoms with van der Waals surface area (Å²) in [5.74, 6) is 1.06. The largest absolute Gasteiger partial charge is 0.486 e. The first-order valence-corrected chi connectivity index (χ1v) is 8.17. The molecule has 1 aliphatic heterocycles. The summed E-state index contributed by atoms with van der Waals surface area (Å²) < 4.78 is 14.9. The third-order valence-electron chi connectivity index (χ3n) is 3.54. The maximum atomic E-state index is 12.6. The van der Waals surface area contributed by atoms with Gasteiger partial charge in [0.15, 0.2) is 11.5 Å². The number of amides is 1. The first kappa shape index (κ1) is 14.6. The molecule has 24 heavy (non-hydrogen) atoms. The van der Waals surface area contributed by atoms with Gasteiger partial charge in [0.1, 0.15) is 23.8 Å². The molecule has 0 saturated carbocycles. The second kappa shape index (κ2) is 6.29. The predicted octanol–water partition coefficient (Wildman–Crippen LogP) is 3.23. The Morgan fingerprint density at radius 2 is 1.83 bits per heavy atom. The fourth-order valence-electron chi connectivity index (χ4n) is 2.43. The molecule has 6 nitrogen and oxygen atoms in total. The summed E-state index contributed by atoms with van der Waals surface area (Å²) in [6, 6.07) is 14.8. The molecule has 0 atom stereocenters. The Labute approximate surface area is 142 Å². The summed E-state index contributed by atoms with van der Waals surface area (Å²) in [7, 11) is 0. The van der Waals surface area contributed by atoms with Gasteiger partial charge < -0.3 is 14.8 Å². The summed E-state index contributed by atoms with van der Waals surface area (Å²) in [4.78, 5) is 13.1. The predicted molar refractivity (Wildman–Crippen MR) is 90.7 cm³/mol. The van der Waals surface area contributed by atoms with E-state index in [4.69, 9.17) is 9.47 Å². The number of aromatic nitrogens is 2. The molecule has 4 rings (SSSR count). The molecule has 1 amide bonds. The first-order valence-electron chi connectivity index (χ1n) is 7.40. The van der Waals surface area contributed by atoms with Crippen LogP contribution in [0.4, 0.5) is 5.69 Å². The topological polar surface area (TPSA) is 73.3 Å². The van der Waals surface area contributed by atoms with Crippen molar-refractivity contribution in [3.8, 4) is 22.8 Å². The Morgan fingerprint density at radius 1 is 1.04 bits per heavy atom. The van der Waals surface area contributed by atoms with Crippen LogP contribution in [0.1, 0.15) is 9.67 Å². The number of ether oxygens (including phenoxy) is 2. The van der Waals surface area contributed by atoms with E-state index in [1.165, 1.54) is 0 Å². The summed E-state index contributed by atoms with van der Waals surface area (Å²) >= 11 is 1.07. The average molecular weight is 339 g/mol. The van der Waals surface area contributed by atoms with Gasteiger partial charge in [-0.2, -0.15) is 0 Å². The van der Waals surface area contributed by atoms with Crippen molar-refractivity contribution in [3.05, 3.63) is 53.4 Å². The summed E-state index contributed by atoms with van der Waals surface area (Å²) in [5, 5.41) is 6.94. The molecule has 2 heterocycles. The maximum absolute atomic E-state index is 12.6. The maximum Gasteiger partial charge on any atom is 0.269 e. The van der Waals surface area contributed by atoms with E-state index < -0.39 is 0 Å². The van der Waals surface area contributed by atoms with E-state index in [2.05, 4.69) is 14.9 Å². The van der Waals surface area contributed by atoms with Crippen molar-refractivity contribution in [2.24, 2.45) is 0 Å². The number of hydrogen-bond acceptors (Lipinski definition) is 6. The lowest BCUT2D eigenvalue weighted by Gasteiger charge is -2.18. The highest BCUT2D eigenvalue weighted by molar-refractivity contribution is 7.08. The Hall–Kier alpha value is -2.93. The van der Waals surface area contributed by atoms with Crippen LogP contribution in [0.3, 0.4) is 0 Å². The summed E-state index contributed by atoms with van der Waals surface area (Å²) in [6.07, 6.45) is 0. The van der Waals surface area contributed by atoms with Gasteiger partial charge in [0, 0.05) is 17.3 Å². The molecule has 0 bridgehead atoms. The fraction of sp³-hybridized carbons (Fsp3) is 0.118. The molecule has 0 fully saturated rings. The Morgan fingerprint density at radius 3 is 2.67 bits per heavy atom. The van der Waals surface area contributed by atoms with Crippen LogP contribution in [0.15, 0.2) is 48.5 Å². The van der Waals surface area contributed by atoms with E-state index in [0.29, 0.717) is 41.0 Å². The van der Waals surface area contributed by atoms with Crippen LogP contribution in [-0.2, 0) is 0 Å². The lowest BCUT2D eigenvalue weighted by molar-refractivity contribution is 0.103. The van der Waals surface area contributed by atoms with E-state index in [0.717, 1.165) is 17.1 Å². The van der Waals surface area contributed by atoms with Crippen LogP contribution in [-0.4, -0.2) is 28.7 Å². The zero-order chi connectivity index (χ0) is 16.4. The van der Waals surface area contributed by atoms with Gasteiger partial charge in [-0.1, -0.05) is 34.8 Å². The molecule has 2 aromatic carbocycles. The smallest absolute Gasteiger partial charge is 0.269 e. The monoisotopic (exact) mass is 339 g/mol. The number of fused-ring (bicyclic) bond motifs is 1. The van der Waals surface area contributed by atoms with E-state index in [1.807, 2.05) is 30.3 Å². The molecule has 3 aromatic rings. The van der Waals surface area contributed by atoms with Crippen molar-refractivity contribution in [2.75, 3.05) is 18.5 Å². The van der Waals surface area contributed by atoms with Crippen molar-refractivity contribution in [1.29, 1.82) is 0 Å². The summed E-state index contributed by atoms with van der Waals surface area (Å²) in [6.45, 7) is 1.03. The van der Waals surface area contributed by atoms with Gasteiger partial charge in [-0.15, -0.1) is 5.10 Å². The van der Waals surface area contributed by atoms with Crippen molar-refractivity contribution in [1.82, 2.24) is 9.59 Å². The highest BCUT2D eigenvalue weighted by Gasteiger charge is 2.19. The van der Waals surface area contributed by atoms with Gasteiger partial charge >= 0.3 is 0 Å². The van der Waals surface area contributed by atoms with Crippen LogP contribution in [0, 0.1) is 0 Å². The van der Waals surface area contributed by atoms with Crippen LogP contribution >= 0.6 is 11.5 Å². The lowest BCUT2D eigenvalue weighted by Crippen LogP contribution is -2.16. The van der Waals surface area contributed by atoms with E-state index in [-0.39, 0.29) is 5.91 Å². The average Bonchev–Trinajstić information content (AvgIpc) is 3.12. The van der Waals surface area contributed by atoms with Gasteiger partial charge in [-0.25, -0.2) is 0 Å². The Kier molecular flexibility index (Phi) is 3.84. The van der Waals surface area contributed by atoms with E-state index in [1.54, 1.807) is 18.2 Å². The van der Waals surface area contributed by atoms with Crippen LogP contribution in [0.2, 0.25) is 0 Å². The second-order valence-electron chi connectivity index (χ2n) is 5.13. The lowest BCUT2D eigenvalue weighted by atomic mass is 10.1. The molecule has 0 saturated heterocycles. The highest BCUT2D eigenvalue weighted by atomic mass is 32.1. The third kappa shape index (κ3) is 2.81. The van der Waals surface area contributed by atoms with Crippen molar-refractivity contribution >= 4 is 23.1 Å². The number of nitrogens with zero attached hydrogens (tertiary/aromatic N) is 2. The molecular weight excluding hydrogens is 326 g/mol. The highest BCUT2D eigenvalue weighted by Crippen LogP contribution is 2.33. The van der Waals surface area contributed by atoms with E-state index in [9.17, 15) is 4.79 Å². The number of anilines is 1. The number of rotatable bonds is 3. The number of hydrogen-bond donors (Lipinski definition) is 1. The SMILES string of the molecule is O=C(Nc1ccc2c(c1)OCCO2)c1snnc1-c1ccccc1. The summed E-state index contributed by atoms with van der Waals surface area (Å²) in [5.41, 5.74) is 2.07. The number of benzene rings is 2. The van der Waals surface area contributed by atoms with Crippen molar-refractivity contribution in [2.45, 2.75) is 0 Å². The third-order valence-corrected chi connectivity index (χ3v) is 4.27. The number of carbonyl (C=O) groups is 1. The number of carbonyl (C=O) groups excluding carboxylic acids is 1. The Bertz CT molecular complexity index is 880. The minimum absolute atomic E-state index is 0.250. The second-order valence-corrected chi connectivity index (χ2v) is 5.88. The minimum atomic E-state index is -0.250. The number of nitrogens with one attached hydrogen (secondary N) is 1. The van der Waals surface area contributed by atoms with Crippen molar-refractivity contribution in [3.63, 3.8) is 0 Å². The van der Waals surface area contributed by atoms with Gasteiger partial charge in [0.25, 0.3) is 5.91 Å². The van der Waals surface area contributed by atoms with Crippen LogP contribution in [0.25, 0.3) is 11.3 Å². The van der Waals surface area contributed by atoms with E-state index >= 15 is 0 Å². The van der Waals surface area contributed by atoms with Gasteiger partial charge in [0.05, 0.1) is 0 Å². The Balaban J connectivity index is 1.58. The first-order chi connectivity index (χ1) is 11.8. The molecule has 120 valence electrons. The molecule has 0 radical (unpaired) electrons.